The molecule has 3 nitrogen and oxygen atoms in total. The second-order valence-corrected chi connectivity index (χ2v) is 4.22. The van der Waals surface area contributed by atoms with Crippen molar-refractivity contribution in [1.29, 1.82) is 0 Å². The van der Waals surface area contributed by atoms with Crippen LogP contribution in [-0.4, -0.2) is 24.0 Å². The number of amides is 1. The highest BCUT2D eigenvalue weighted by Gasteiger charge is 2.38. The maximum absolute atomic E-state index is 11.4. The first-order valence-electron chi connectivity index (χ1n) is 5.13. The van der Waals surface area contributed by atoms with E-state index in [4.69, 9.17) is 0 Å². The lowest BCUT2D eigenvalue weighted by atomic mass is 10.2. The van der Waals surface area contributed by atoms with Crippen LogP contribution in [0.15, 0.2) is 0 Å². The predicted octanol–water partition coefficient (Wildman–Crippen LogP) is 1.04. The number of hydrogen-bond acceptors (Lipinski definition) is 2. The zero-order chi connectivity index (χ0) is 9.90. The minimum Gasteiger partial charge on any atom is -0.355 e. The molecule has 1 amide bonds. The molecular formula is C10H20N2O. The van der Waals surface area contributed by atoms with Crippen molar-refractivity contribution in [1.82, 2.24) is 10.6 Å². The molecule has 13 heavy (non-hydrogen) atoms. The van der Waals surface area contributed by atoms with E-state index in [0.717, 1.165) is 13.0 Å². The van der Waals surface area contributed by atoms with E-state index in [1.165, 1.54) is 12.8 Å². The van der Waals surface area contributed by atoms with Gasteiger partial charge in [0.25, 0.3) is 0 Å². The van der Waals surface area contributed by atoms with Gasteiger partial charge in [0.1, 0.15) is 0 Å². The summed E-state index contributed by atoms with van der Waals surface area (Å²) in [6, 6.07) is -0.0564. The molecule has 1 aliphatic carbocycles. The Morgan fingerprint density at radius 3 is 2.62 bits per heavy atom. The van der Waals surface area contributed by atoms with Crippen LogP contribution in [0.2, 0.25) is 0 Å². The molecule has 76 valence electrons. The van der Waals surface area contributed by atoms with Crippen molar-refractivity contribution in [3.05, 3.63) is 0 Å². The summed E-state index contributed by atoms with van der Waals surface area (Å²) in [5.74, 6) is 0.120. The Bertz CT molecular complexity index is 187. The molecule has 1 aliphatic rings. The Hall–Kier alpha value is -0.570. The molecule has 0 radical (unpaired) electrons. The third-order valence-electron chi connectivity index (χ3n) is 2.51. The van der Waals surface area contributed by atoms with Gasteiger partial charge in [0.2, 0.25) is 5.91 Å². The Morgan fingerprint density at radius 1 is 1.54 bits per heavy atom. The summed E-state index contributed by atoms with van der Waals surface area (Å²) in [5.41, 5.74) is 0.239. The van der Waals surface area contributed by atoms with E-state index in [2.05, 4.69) is 24.5 Å². The molecule has 1 saturated carbocycles. The van der Waals surface area contributed by atoms with Gasteiger partial charge in [-0.25, -0.2) is 0 Å². The van der Waals surface area contributed by atoms with Crippen molar-refractivity contribution in [2.75, 3.05) is 6.54 Å². The van der Waals surface area contributed by atoms with E-state index in [1.54, 1.807) is 0 Å². The maximum atomic E-state index is 11.4. The van der Waals surface area contributed by atoms with Gasteiger partial charge >= 0.3 is 0 Å². The number of carbonyl (C=O) groups is 1. The summed E-state index contributed by atoms with van der Waals surface area (Å²) >= 11 is 0. The molecule has 1 fully saturated rings. The van der Waals surface area contributed by atoms with Crippen LogP contribution in [0.4, 0.5) is 0 Å². The molecule has 0 aliphatic heterocycles. The third-order valence-corrected chi connectivity index (χ3v) is 2.51. The topological polar surface area (TPSA) is 41.1 Å². The monoisotopic (exact) mass is 184 g/mol. The largest absolute Gasteiger partial charge is 0.355 e. The summed E-state index contributed by atoms with van der Waals surface area (Å²) in [7, 11) is 0. The molecule has 1 unspecified atom stereocenters. The van der Waals surface area contributed by atoms with Gasteiger partial charge in [-0.3, -0.25) is 4.79 Å². The fourth-order valence-corrected chi connectivity index (χ4v) is 1.32. The SMILES string of the molecule is CCCNC(=O)C(C)NC1(C)CC1. The Kier molecular flexibility index (Phi) is 3.31. The van der Waals surface area contributed by atoms with Crippen LogP contribution >= 0.6 is 0 Å². The third kappa shape index (κ3) is 3.35. The summed E-state index contributed by atoms with van der Waals surface area (Å²) in [6.07, 6.45) is 3.38. The lowest BCUT2D eigenvalue weighted by Crippen LogP contribution is -2.46. The number of nitrogens with one attached hydrogen (secondary N) is 2. The van der Waals surface area contributed by atoms with Crippen LogP contribution in [-0.2, 0) is 4.79 Å². The second-order valence-electron chi connectivity index (χ2n) is 4.22. The van der Waals surface area contributed by atoms with E-state index >= 15 is 0 Å². The van der Waals surface area contributed by atoms with E-state index < -0.39 is 0 Å². The fraction of sp³-hybridized carbons (Fsp3) is 0.900. The van der Waals surface area contributed by atoms with Crippen LogP contribution in [0.5, 0.6) is 0 Å². The van der Waals surface area contributed by atoms with Crippen LogP contribution in [0, 0.1) is 0 Å². The minimum absolute atomic E-state index is 0.0564. The average molecular weight is 184 g/mol. The second kappa shape index (κ2) is 4.09. The Balaban J connectivity index is 2.21. The van der Waals surface area contributed by atoms with Crippen molar-refractivity contribution in [2.24, 2.45) is 0 Å². The highest BCUT2D eigenvalue weighted by molar-refractivity contribution is 5.81. The van der Waals surface area contributed by atoms with E-state index in [-0.39, 0.29) is 17.5 Å². The van der Waals surface area contributed by atoms with Gasteiger partial charge in [-0.05, 0) is 33.1 Å². The van der Waals surface area contributed by atoms with Gasteiger partial charge in [0.05, 0.1) is 6.04 Å². The van der Waals surface area contributed by atoms with E-state index in [0.29, 0.717) is 0 Å². The van der Waals surface area contributed by atoms with E-state index in [1.807, 2.05) is 6.92 Å². The minimum atomic E-state index is -0.0564. The van der Waals surface area contributed by atoms with E-state index in [9.17, 15) is 4.79 Å². The number of rotatable bonds is 5. The van der Waals surface area contributed by atoms with Crippen LogP contribution in [0.3, 0.4) is 0 Å². The molecule has 0 bridgehead atoms. The van der Waals surface area contributed by atoms with Gasteiger partial charge in [0, 0.05) is 12.1 Å². The van der Waals surface area contributed by atoms with Gasteiger partial charge in [0.15, 0.2) is 0 Å². The summed E-state index contributed by atoms with van der Waals surface area (Å²) < 4.78 is 0. The fourth-order valence-electron chi connectivity index (χ4n) is 1.32. The van der Waals surface area contributed by atoms with Crippen LogP contribution in [0.1, 0.15) is 40.0 Å². The van der Waals surface area contributed by atoms with Gasteiger partial charge in [-0.2, -0.15) is 0 Å². The van der Waals surface area contributed by atoms with Crippen molar-refractivity contribution >= 4 is 5.91 Å². The maximum Gasteiger partial charge on any atom is 0.236 e. The predicted molar refractivity (Wildman–Crippen MR) is 53.5 cm³/mol. The first-order chi connectivity index (χ1) is 6.07. The first kappa shape index (κ1) is 10.5. The van der Waals surface area contributed by atoms with Crippen molar-refractivity contribution in [2.45, 2.75) is 51.6 Å². The Labute approximate surface area is 80.3 Å². The molecule has 0 heterocycles. The van der Waals surface area contributed by atoms with Gasteiger partial charge < -0.3 is 10.6 Å². The summed E-state index contributed by atoms with van der Waals surface area (Å²) in [5, 5.41) is 6.21. The lowest BCUT2D eigenvalue weighted by Gasteiger charge is -2.18. The zero-order valence-electron chi connectivity index (χ0n) is 8.81. The summed E-state index contributed by atoms with van der Waals surface area (Å²) in [4.78, 5) is 11.4. The van der Waals surface area contributed by atoms with Crippen LogP contribution < -0.4 is 10.6 Å². The first-order valence-corrected chi connectivity index (χ1v) is 5.13. The molecule has 0 aromatic rings. The van der Waals surface area contributed by atoms with Crippen molar-refractivity contribution < 1.29 is 4.79 Å². The molecule has 0 aromatic carbocycles. The normalized spacial score (nSPS) is 20.8. The van der Waals surface area contributed by atoms with Gasteiger partial charge in [-0.15, -0.1) is 0 Å². The number of carbonyl (C=O) groups excluding carboxylic acids is 1. The quantitative estimate of drug-likeness (QED) is 0.670. The average Bonchev–Trinajstić information content (AvgIpc) is 2.79. The molecule has 3 heteroatoms. The molecule has 0 saturated heterocycles. The number of hydrogen-bond donors (Lipinski definition) is 2. The highest BCUT2D eigenvalue weighted by Crippen LogP contribution is 2.34. The Morgan fingerprint density at radius 2 is 2.15 bits per heavy atom. The molecule has 0 spiro atoms. The van der Waals surface area contributed by atoms with Gasteiger partial charge in [-0.1, -0.05) is 6.92 Å². The molecule has 0 aromatic heterocycles. The lowest BCUT2D eigenvalue weighted by molar-refractivity contribution is -0.123. The van der Waals surface area contributed by atoms with Crippen molar-refractivity contribution in [3.63, 3.8) is 0 Å². The van der Waals surface area contributed by atoms with Crippen LogP contribution in [0.25, 0.3) is 0 Å². The molecule has 2 N–H and O–H groups in total. The summed E-state index contributed by atoms with van der Waals surface area (Å²) in [6.45, 7) is 6.92. The molecule has 1 atom stereocenters. The zero-order valence-corrected chi connectivity index (χ0v) is 8.81. The smallest absolute Gasteiger partial charge is 0.236 e. The molecular weight excluding hydrogens is 164 g/mol. The molecule has 1 rings (SSSR count). The standard InChI is InChI=1S/C10H20N2O/c1-4-7-11-9(13)8(2)12-10(3)5-6-10/h8,12H,4-7H2,1-3H3,(H,11,13). The highest BCUT2D eigenvalue weighted by atomic mass is 16.2. The van der Waals surface area contributed by atoms with Crippen molar-refractivity contribution in [3.8, 4) is 0 Å².